The van der Waals surface area contributed by atoms with Gasteiger partial charge in [-0.15, -0.1) is 0 Å². The number of rotatable bonds is 5. The van der Waals surface area contributed by atoms with E-state index in [9.17, 15) is 0 Å². The van der Waals surface area contributed by atoms with Gasteiger partial charge in [-0.25, -0.2) is 0 Å². The van der Waals surface area contributed by atoms with Gasteiger partial charge in [0.15, 0.2) is 5.17 Å². The number of nitrogens with zero attached hydrogens (tertiary/aromatic N) is 2. The molecule has 0 bridgehead atoms. The van der Waals surface area contributed by atoms with E-state index in [4.69, 9.17) is 9.73 Å². The predicted octanol–water partition coefficient (Wildman–Crippen LogP) is 4.75. The highest BCUT2D eigenvalue weighted by atomic mass is 32.2. The van der Waals surface area contributed by atoms with Crippen molar-refractivity contribution in [2.45, 2.75) is 25.9 Å². The molecule has 0 aliphatic carbocycles. The molecule has 1 aliphatic rings. The van der Waals surface area contributed by atoms with E-state index in [-0.39, 0.29) is 6.04 Å². The van der Waals surface area contributed by atoms with E-state index in [1.54, 1.807) is 7.11 Å². The van der Waals surface area contributed by atoms with Crippen LogP contribution < -0.4 is 4.74 Å². The summed E-state index contributed by atoms with van der Waals surface area (Å²) in [7, 11) is 1.70. The zero-order valence-electron chi connectivity index (χ0n) is 14.3. The molecule has 0 saturated carbocycles. The van der Waals surface area contributed by atoms with Crippen molar-refractivity contribution in [1.82, 2.24) is 4.90 Å². The number of hydrogen-bond acceptors (Lipinski definition) is 4. The van der Waals surface area contributed by atoms with Gasteiger partial charge in [-0.1, -0.05) is 54.2 Å². The average Bonchev–Trinajstić information content (AvgIpc) is 2.67. The summed E-state index contributed by atoms with van der Waals surface area (Å²) in [5, 5.41) is 1.16. The molecule has 0 fully saturated rings. The molecule has 1 unspecified atom stereocenters. The number of benzene rings is 2. The van der Waals surface area contributed by atoms with Crippen LogP contribution in [0.2, 0.25) is 0 Å². The Balaban J connectivity index is 1.85. The fraction of sp³-hybridized carbons (Fsp3) is 0.350. The molecule has 0 N–H and O–H groups in total. The Hall–Kier alpha value is -1.94. The molecule has 0 saturated heterocycles. The number of amidine groups is 1. The molecule has 3 nitrogen and oxygen atoms in total. The lowest BCUT2D eigenvalue weighted by Gasteiger charge is -2.33. The maximum atomic E-state index is 5.27. The molecule has 0 amide bonds. The quantitative estimate of drug-likeness (QED) is 0.785. The lowest BCUT2D eigenvalue weighted by atomic mass is 10.1. The van der Waals surface area contributed by atoms with Gasteiger partial charge in [0.25, 0.3) is 0 Å². The van der Waals surface area contributed by atoms with Gasteiger partial charge in [0, 0.05) is 18.8 Å². The predicted molar refractivity (Wildman–Crippen MR) is 103 cm³/mol. The Bertz CT molecular complexity index is 670. The molecule has 0 radical (unpaired) electrons. The van der Waals surface area contributed by atoms with Gasteiger partial charge >= 0.3 is 0 Å². The fourth-order valence-electron chi connectivity index (χ4n) is 2.83. The summed E-state index contributed by atoms with van der Waals surface area (Å²) < 4.78 is 5.27. The summed E-state index contributed by atoms with van der Waals surface area (Å²) >= 11 is 1.87. The van der Waals surface area contributed by atoms with Gasteiger partial charge < -0.3 is 9.64 Å². The minimum atomic E-state index is 0.289. The van der Waals surface area contributed by atoms with Crippen LogP contribution in [0.1, 0.15) is 30.5 Å². The SMILES string of the molecule is COc1ccc(CN(C2=NCCCS2)C(C)c2ccccc2)cc1. The molecule has 24 heavy (non-hydrogen) atoms. The zero-order valence-corrected chi connectivity index (χ0v) is 15.1. The number of methoxy groups -OCH3 is 1. The van der Waals surface area contributed by atoms with Gasteiger partial charge in [0.1, 0.15) is 5.75 Å². The van der Waals surface area contributed by atoms with Gasteiger partial charge in [-0.3, -0.25) is 4.99 Å². The summed E-state index contributed by atoms with van der Waals surface area (Å²) in [6, 6.07) is 19.3. The molecule has 1 aliphatic heterocycles. The van der Waals surface area contributed by atoms with Crippen molar-refractivity contribution in [3.05, 3.63) is 65.7 Å². The van der Waals surface area contributed by atoms with Crippen LogP contribution in [0.4, 0.5) is 0 Å². The Labute approximate surface area is 148 Å². The van der Waals surface area contributed by atoms with Crippen molar-refractivity contribution in [3.63, 3.8) is 0 Å². The van der Waals surface area contributed by atoms with E-state index in [1.165, 1.54) is 17.5 Å². The van der Waals surface area contributed by atoms with E-state index in [2.05, 4.69) is 54.3 Å². The largest absolute Gasteiger partial charge is 0.497 e. The first-order chi connectivity index (χ1) is 11.8. The number of thioether (sulfide) groups is 1. The van der Waals surface area contributed by atoms with E-state index in [1.807, 2.05) is 23.9 Å². The van der Waals surface area contributed by atoms with Crippen molar-refractivity contribution < 1.29 is 4.74 Å². The fourth-order valence-corrected chi connectivity index (χ4v) is 3.86. The minimum Gasteiger partial charge on any atom is -0.497 e. The Morgan fingerprint density at radius 2 is 1.88 bits per heavy atom. The second-order valence-corrected chi connectivity index (χ2v) is 6.99. The Morgan fingerprint density at radius 3 is 2.50 bits per heavy atom. The van der Waals surface area contributed by atoms with Crippen LogP contribution in [0.25, 0.3) is 0 Å². The zero-order chi connectivity index (χ0) is 16.8. The van der Waals surface area contributed by atoms with E-state index < -0.39 is 0 Å². The van der Waals surface area contributed by atoms with Crippen molar-refractivity contribution in [3.8, 4) is 5.75 Å². The molecule has 1 atom stereocenters. The molecule has 126 valence electrons. The van der Waals surface area contributed by atoms with Crippen LogP contribution in [0.15, 0.2) is 59.6 Å². The summed E-state index contributed by atoms with van der Waals surface area (Å²) in [6.07, 6.45) is 1.17. The highest BCUT2D eigenvalue weighted by Crippen LogP contribution is 2.28. The smallest absolute Gasteiger partial charge is 0.159 e. The molecule has 0 aromatic heterocycles. The number of ether oxygens (including phenoxy) is 1. The third-order valence-corrected chi connectivity index (χ3v) is 5.40. The summed E-state index contributed by atoms with van der Waals surface area (Å²) in [4.78, 5) is 7.20. The normalized spacial score (nSPS) is 15.5. The molecule has 4 heteroatoms. The number of aliphatic imine (C=N–C) groups is 1. The van der Waals surface area contributed by atoms with Crippen molar-refractivity contribution in [1.29, 1.82) is 0 Å². The molecule has 3 rings (SSSR count). The van der Waals surface area contributed by atoms with Crippen LogP contribution >= 0.6 is 11.8 Å². The highest BCUT2D eigenvalue weighted by Gasteiger charge is 2.22. The summed E-state index contributed by atoms with van der Waals surface area (Å²) in [6.45, 7) is 4.05. The first kappa shape index (κ1) is 16.9. The second kappa shape index (κ2) is 8.25. The van der Waals surface area contributed by atoms with Crippen LogP contribution in [-0.2, 0) is 6.54 Å². The second-order valence-electron chi connectivity index (χ2n) is 5.93. The average molecular weight is 340 g/mol. The van der Waals surface area contributed by atoms with Gasteiger partial charge in [-0.05, 0) is 36.6 Å². The molecule has 2 aromatic carbocycles. The Kier molecular flexibility index (Phi) is 5.81. The summed E-state index contributed by atoms with van der Waals surface area (Å²) in [5.41, 5.74) is 2.59. The first-order valence-corrected chi connectivity index (χ1v) is 9.38. The third-order valence-electron chi connectivity index (χ3n) is 4.29. The van der Waals surface area contributed by atoms with Gasteiger partial charge in [-0.2, -0.15) is 0 Å². The highest BCUT2D eigenvalue weighted by molar-refractivity contribution is 8.13. The van der Waals surface area contributed by atoms with Crippen LogP contribution in [0.3, 0.4) is 0 Å². The van der Waals surface area contributed by atoms with Crippen LogP contribution in [-0.4, -0.2) is 29.5 Å². The third kappa shape index (κ3) is 4.12. The van der Waals surface area contributed by atoms with Crippen molar-refractivity contribution in [2.24, 2.45) is 4.99 Å². The van der Waals surface area contributed by atoms with E-state index >= 15 is 0 Å². The van der Waals surface area contributed by atoms with Crippen LogP contribution in [0, 0.1) is 0 Å². The van der Waals surface area contributed by atoms with Crippen LogP contribution in [0.5, 0.6) is 5.75 Å². The Morgan fingerprint density at radius 1 is 1.12 bits per heavy atom. The monoisotopic (exact) mass is 340 g/mol. The van der Waals surface area contributed by atoms with Gasteiger partial charge in [0.2, 0.25) is 0 Å². The maximum absolute atomic E-state index is 5.27. The first-order valence-electron chi connectivity index (χ1n) is 8.39. The van der Waals surface area contributed by atoms with Gasteiger partial charge in [0.05, 0.1) is 13.2 Å². The van der Waals surface area contributed by atoms with E-state index in [0.29, 0.717) is 0 Å². The number of hydrogen-bond donors (Lipinski definition) is 0. The molecule has 1 heterocycles. The van der Waals surface area contributed by atoms with Crippen molar-refractivity contribution >= 4 is 16.9 Å². The topological polar surface area (TPSA) is 24.8 Å². The van der Waals surface area contributed by atoms with Crippen molar-refractivity contribution in [2.75, 3.05) is 19.4 Å². The molecule has 0 spiro atoms. The lowest BCUT2D eigenvalue weighted by Crippen LogP contribution is -2.33. The maximum Gasteiger partial charge on any atom is 0.159 e. The minimum absolute atomic E-state index is 0.289. The molecule has 2 aromatic rings. The molecular weight excluding hydrogens is 316 g/mol. The standard InChI is InChI=1S/C20H24N2OS/c1-16(18-7-4-3-5-8-18)22(20-21-13-6-14-24-20)15-17-9-11-19(23-2)12-10-17/h3-5,7-12,16H,6,13-15H2,1-2H3. The van der Waals surface area contributed by atoms with E-state index in [0.717, 1.165) is 29.8 Å². The molecular formula is C20H24N2OS. The lowest BCUT2D eigenvalue weighted by molar-refractivity contribution is 0.334. The summed E-state index contributed by atoms with van der Waals surface area (Å²) in [5.74, 6) is 2.05.